The minimum atomic E-state index is 0.0850. The lowest BCUT2D eigenvalue weighted by atomic mass is 9.87. The van der Waals surface area contributed by atoms with Crippen LogP contribution in [0.4, 0.5) is 0 Å². The van der Waals surface area contributed by atoms with E-state index in [0.29, 0.717) is 0 Å². The van der Waals surface area contributed by atoms with E-state index in [9.17, 15) is 4.79 Å². The van der Waals surface area contributed by atoms with E-state index in [1.165, 1.54) is 22.3 Å². The summed E-state index contributed by atoms with van der Waals surface area (Å²) in [6.45, 7) is 12.5. The molecule has 0 unspecified atom stereocenters. The molecule has 2 rings (SSSR count). The average Bonchev–Trinajstić information content (AvgIpc) is 2.50. The first-order valence-electron chi connectivity index (χ1n) is 7.69. The predicted molar refractivity (Wildman–Crippen MR) is 94.7 cm³/mol. The van der Waals surface area contributed by atoms with Crippen LogP contribution in [0.1, 0.15) is 49.3 Å². The van der Waals surface area contributed by atoms with Crippen LogP contribution in [-0.2, 0) is 0 Å². The van der Waals surface area contributed by atoms with Crippen molar-refractivity contribution in [1.29, 1.82) is 0 Å². The van der Waals surface area contributed by atoms with Gasteiger partial charge in [0.25, 0.3) is 0 Å². The van der Waals surface area contributed by atoms with Gasteiger partial charge in [0, 0.05) is 5.56 Å². The van der Waals surface area contributed by atoms with Gasteiger partial charge in [-0.2, -0.15) is 0 Å². The van der Waals surface area contributed by atoms with Crippen molar-refractivity contribution in [2.24, 2.45) is 0 Å². The van der Waals surface area contributed by atoms with Crippen LogP contribution in [-0.4, -0.2) is 5.78 Å². The van der Waals surface area contributed by atoms with E-state index in [1.54, 1.807) is 6.08 Å². The van der Waals surface area contributed by atoms with E-state index < -0.39 is 0 Å². The number of benzene rings is 2. The van der Waals surface area contributed by atoms with Crippen LogP contribution < -0.4 is 0 Å². The molecule has 0 amide bonds. The third-order valence-corrected chi connectivity index (χ3v) is 4.75. The van der Waals surface area contributed by atoms with Gasteiger partial charge < -0.3 is 0 Å². The van der Waals surface area contributed by atoms with E-state index in [0.717, 1.165) is 22.3 Å². The number of hydrogen-bond acceptors (Lipinski definition) is 1. The topological polar surface area (TPSA) is 17.1 Å². The minimum absolute atomic E-state index is 0.0850. The number of rotatable bonds is 3. The van der Waals surface area contributed by atoms with Gasteiger partial charge in [-0.25, -0.2) is 0 Å². The number of carbonyl (C=O) groups is 1. The van der Waals surface area contributed by atoms with Crippen LogP contribution >= 0.6 is 0 Å². The number of carbonyl (C=O) groups excluding carboxylic acids is 1. The molecule has 1 heteroatoms. The molecular formula is C21H24O. The maximum atomic E-state index is 12.7. The highest BCUT2D eigenvalue weighted by Gasteiger charge is 2.16. The van der Waals surface area contributed by atoms with Crippen LogP contribution in [0.3, 0.4) is 0 Å². The molecule has 0 aliphatic carbocycles. The van der Waals surface area contributed by atoms with E-state index in [1.807, 2.05) is 32.1 Å². The number of ketones is 1. The summed E-state index contributed by atoms with van der Waals surface area (Å²) < 4.78 is 0. The van der Waals surface area contributed by atoms with Crippen LogP contribution in [0.5, 0.6) is 0 Å². The average molecular weight is 292 g/mol. The minimum Gasteiger partial charge on any atom is -0.289 e. The lowest BCUT2D eigenvalue weighted by Gasteiger charge is -2.16. The molecule has 0 spiro atoms. The van der Waals surface area contributed by atoms with Gasteiger partial charge in [-0.05, 0) is 81.0 Å². The molecule has 0 N–H and O–H groups in total. The van der Waals surface area contributed by atoms with Crippen molar-refractivity contribution >= 4 is 11.9 Å². The molecule has 2 aromatic carbocycles. The second-order valence-electron chi connectivity index (χ2n) is 6.11. The van der Waals surface area contributed by atoms with Gasteiger partial charge >= 0.3 is 0 Å². The molecule has 114 valence electrons. The highest BCUT2D eigenvalue weighted by Crippen LogP contribution is 2.26. The fourth-order valence-electron chi connectivity index (χ4n) is 2.80. The molecule has 1 nitrogen and oxygen atoms in total. The molecule has 0 saturated carbocycles. The summed E-state index contributed by atoms with van der Waals surface area (Å²) in [5.74, 6) is 0.0850. The number of aryl methyl sites for hydroxylation is 1. The van der Waals surface area contributed by atoms with Crippen molar-refractivity contribution in [2.45, 2.75) is 41.5 Å². The highest BCUT2D eigenvalue weighted by atomic mass is 16.1. The summed E-state index contributed by atoms with van der Waals surface area (Å²) in [6.07, 6.45) is 3.58. The quantitative estimate of drug-likeness (QED) is 0.544. The molecule has 0 fully saturated rings. The Morgan fingerprint density at radius 1 is 0.727 bits per heavy atom. The molecule has 22 heavy (non-hydrogen) atoms. The molecule has 2 aromatic rings. The van der Waals surface area contributed by atoms with Gasteiger partial charge in [0.05, 0.1) is 0 Å². The summed E-state index contributed by atoms with van der Waals surface area (Å²) in [5, 5.41) is 0. The zero-order chi connectivity index (χ0) is 16.4. The molecule has 0 saturated heterocycles. The Labute approximate surface area is 133 Å². The van der Waals surface area contributed by atoms with Gasteiger partial charge in [0.2, 0.25) is 0 Å². The van der Waals surface area contributed by atoms with Crippen LogP contribution in [0, 0.1) is 41.5 Å². The summed E-state index contributed by atoms with van der Waals surface area (Å²) in [7, 11) is 0. The standard InChI is InChI=1S/C21H24O/c1-13-7-9-19(10-8-13)11-12-20(22)21-17(5)15(3)14(2)16(4)18(21)6/h7-12H,1-6H3. The van der Waals surface area contributed by atoms with Crippen molar-refractivity contribution in [3.05, 3.63) is 74.8 Å². The van der Waals surface area contributed by atoms with Gasteiger partial charge in [-0.1, -0.05) is 35.9 Å². The fraction of sp³-hybridized carbons (Fsp3) is 0.286. The van der Waals surface area contributed by atoms with Gasteiger partial charge in [0.1, 0.15) is 0 Å². The molecular weight excluding hydrogens is 268 g/mol. The second kappa shape index (κ2) is 6.31. The molecule has 0 heterocycles. The van der Waals surface area contributed by atoms with Crippen molar-refractivity contribution in [1.82, 2.24) is 0 Å². The van der Waals surface area contributed by atoms with Gasteiger partial charge in [0.15, 0.2) is 5.78 Å². The van der Waals surface area contributed by atoms with E-state index in [2.05, 4.69) is 39.8 Å². The fourth-order valence-corrected chi connectivity index (χ4v) is 2.80. The molecule has 0 radical (unpaired) electrons. The second-order valence-corrected chi connectivity index (χ2v) is 6.11. The van der Waals surface area contributed by atoms with Crippen LogP contribution in [0.15, 0.2) is 30.3 Å². The zero-order valence-electron chi connectivity index (χ0n) is 14.4. The van der Waals surface area contributed by atoms with E-state index in [4.69, 9.17) is 0 Å². The first-order chi connectivity index (χ1) is 10.3. The van der Waals surface area contributed by atoms with E-state index >= 15 is 0 Å². The Kier molecular flexibility index (Phi) is 4.65. The zero-order valence-corrected chi connectivity index (χ0v) is 14.4. The Hall–Kier alpha value is -2.15. The largest absolute Gasteiger partial charge is 0.289 e. The van der Waals surface area contributed by atoms with Crippen molar-refractivity contribution in [3.8, 4) is 0 Å². The molecule has 0 aromatic heterocycles. The number of allylic oxidation sites excluding steroid dienone is 1. The SMILES string of the molecule is Cc1ccc(C=CC(=O)c2c(C)c(C)c(C)c(C)c2C)cc1. The highest BCUT2D eigenvalue weighted by molar-refractivity contribution is 6.09. The Balaban J connectivity index is 2.40. The molecule has 0 aliphatic rings. The summed E-state index contributed by atoms with van der Waals surface area (Å²) in [4.78, 5) is 12.7. The Morgan fingerprint density at radius 2 is 1.18 bits per heavy atom. The van der Waals surface area contributed by atoms with Crippen LogP contribution in [0.25, 0.3) is 6.08 Å². The summed E-state index contributed by atoms with van der Waals surface area (Å²) in [6, 6.07) is 8.18. The smallest absolute Gasteiger partial charge is 0.186 e. The summed E-state index contributed by atoms with van der Waals surface area (Å²) >= 11 is 0. The Morgan fingerprint density at radius 3 is 1.68 bits per heavy atom. The predicted octanol–water partition coefficient (Wildman–Crippen LogP) is 5.43. The first kappa shape index (κ1) is 16.2. The monoisotopic (exact) mass is 292 g/mol. The van der Waals surface area contributed by atoms with Crippen LogP contribution in [0.2, 0.25) is 0 Å². The number of hydrogen-bond donors (Lipinski definition) is 0. The van der Waals surface area contributed by atoms with Gasteiger partial charge in [-0.3, -0.25) is 4.79 Å². The third-order valence-electron chi connectivity index (χ3n) is 4.75. The Bertz CT molecular complexity index is 717. The molecule has 0 bridgehead atoms. The lowest BCUT2D eigenvalue weighted by molar-refractivity contribution is 0.104. The molecule has 0 atom stereocenters. The summed E-state index contributed by atoms with van der Waals surface area (Å²) in [5.41, 5.74) is 9.04. The first-order valence-corrected chi connectivity index (χ1v) is 7.69. The van der Waals surface area contributed by atoms with Gasteiger partial charge in [-0.15, -0.1) is 0 Å². The lowest BCUT2D eigenvalue weighted by Crippen LogP contribution is -2.07. The van der Waals surface area contributed by atoms with E-state index in [-0.39, 0.29) is 5.78 Å². The maximum absolute atomic E-state index is 12.7. The third kappa shape index (κ3) is 3.04. The molecule has 0 aliphatic heterocycles. The van der Waals surface area contributed by atoms with Crippen molar-refractivity contribution in [3.63, 3.8) is 0 Å². The maximum Gasteiger partial charge on any atom is 0.186 e. The van der Waals surface area contributed by atoms with Crippen molar-refractivity contribution in [2.75, 3.05) is 0 Å². The van der Waals surface area contributed by atoms with Crippen molar-refractivity contribution < 1.29 is 4.79 Å². The normalized spacial score (nSPS) is 11.2.